The molecule has 19 heavy (non-hydrogen) atoms. The van der Waals surface area contributed by atoms with E-state index in [1.54, 1.807) is 0 Å². The predicted molar refractivity (Wildman–Crippen MR) is 79.9 cm³/mol. The zero-order valence-electron chi connectivity index (χ0n) is 11.3. The van der Waals surface area contributed by atoms with E-state index in [0.29, 0.717) is 17.0 Å². The summed E-state index contributed by atoms with van der Waals surface area (Å²) in [5, 5.41) is 5.42. The zero-order valence-corrected chi connectivity index (χ0v) is 12.0. The SMILES string of the molecule is CCNC1CCCCC1c1cc2cccc(Cl)c2o1. The highest BCUT2D eigenvalue weighted by molar-refractivity contribution is 6.34. The first-order valence-electron chi connectivity index (χ1n) is 7.21. The molecule has 1 saturated carbocycles. The van der Waals surface area contributed by atoms with E-state index in [-0.39, 0.29) is 0 Å². The molecule has 0 amide bonds. The maximum Gasteiger partial charge on any atom is 0.152 e. The van der Waals surface area contributed by atoms with Gasteiger partial charge in [-0.1, -0.05) is 43.5 Å². The normalized spacial score (nSPS) is 23.9. The van der Waals surface area contributed by atoms with Gasteiger partial charge in [0.05, 0.1) is 5.02 Å². The molecule has 2 nitrogen and oxygen atoms in total. The Morgan fingerprint density at radius 1 is 1.32 bits per heavy atom. The Labute approximate surface area is 119 Å². The van der Waals surface area contributed by atoms with E-state index < -0.39 is 0 Å². The molecule has 0 radical (unpaired) electrons. The minimum absolute atomic E-state index is 0.483. The molecule has 1 aromatic carbocycles. The van der Waals surface area contributed by atoms with E-state index in [0.717, 1.165) is 23.3 Å². The number of furan rings is 1. The summed E-state index contributed by atoms with van der Waals surface area (Å²) in [5.41, 5.74) is 0.833. The van der Waals surface area contributed by atoms with Crippen molar-refractivity contribution in [2.75, 3.05) is 6.54 Å². The molecular formula is C16H20ClNO. The fourth-order valence-corrected chi connectivity index (χ4v) is 3.43. The predicted octanol–water partition coefficient (Wildman–Crippen LogP) is 4.72. The molecule has 2 atom stereocenters. The van der Waals surface area contributed by atoms with Gasteiger partial charge in [-0.3, -0.25) is 0 Å². The largest absolute Gasteiger partial charge is 0.459 e. The first-order chi connectivity index (χ1) is 9.29. The molecule has 102 valence electrons. The molecule has 1 aliphatic rings. The Balaban J connectivity index is 1.95. The molecule has 1 N–H and O–H groups in total. The topological polar surface area (TPSA) is 25.2 Å². The summed E-state index contributed by atoms with van der Waals surface area (Å²) in [6.45, 7) is 3.18. The fraction of sp³-hybridized carbons (Fsp3) is 0.500. The standard InChI is InChI=1S/C16H20ClNO/c1-2-18-14-9-4-3-7-12(14)15-10-11-6-5-8-13(17)16(11)19-15/h5-6,8,10,12,14,18H,2-4,7,9H2,1H3. The number of rotatable bonds is 3. The Bertz CT molecular complexity index is 561. The summed E-state index contributed by atoms with van der Waals surface area (Å²) >= 11 is 6.20. The van der Waals surface area contributed by atoms with Crippen molar-refractivity contribution in [3.63, 3.8) is 0 Å². The smallest absolute Gasteiger partial charge is 0.152 e. The van der Waals surface area contributed by atoms with Crippen molar-refractivity contribution in [3.8, 4) is 0 Å². The fourth-order valence-electron chi connectivity index (χ4n) is 3.21. The van der Waals surface area contributed by atoms with Gasteiger partial charge in [-0.25, -0.2) is 0 Å². The second-order valence-electron chi connectivity index (χ2n) is 5.36. The molecule has 0 spiro atoms. The van der Waals surface area contributed by atoms with Crippen LogP contribution < -0.4 is 5.32 Å². The molecule has 2 unspecified atom stereocenters. The van der Waals surface area contributed by atoms with Crippen LogP contribution in [0.2, 0.25) is 5.02 Å². The average molecular weight is 278 g/mol. The third kappa shape index (κ3) is 2.52. The van der Waals surface area contributed by atoms with Crippen molar-refractivity contribution in [2.45, 2.75) is 44.6 Å². The van der Waals surface area contributed by atoms with Gasteiger partial charge >= 0.3 is 0 Å². The molecule has 0 saturated heterocycles. The monoisotopic (exact) mass is 277 g/mol. The summed E-state index contributed by atoms with van der Waals surface area (Å²) in [5.74, 6) is 1.57. The summed E-state index contributed by atoms with van der Waals surface area (Å²) in [4.78, 5) is 0. The number of hydrogen-bond acceptors (Lipinski definition) is 2. The quantitative estimate of drug-likeness (QED) is 0.878. The van der Waals surface area contributed by atoms with Crippen LogP contribution in [-0.2, 0) is 0 Å². The number of halogens is 1. The van der Waals surface area contributed by atoms with Crippen molar-refractivity contribution in [1.82, 2.24) is 5.32 Å². The van der Waals surface area contributed by atoms with Gasteiger partial charge < -0.3 is 9.73 Å². The third-order valence-electron chi connectivity index (χ3n) is 4.11. The summed E-state index contributed by atoms with van der Waals surface area (Å²) in [6, 6.07) is 8.64. The first kappa shape index (κ1) is 13.0. The molecule has 0 bridgehead atoms. The minimum Gasteiger partial charge on any atom is -0.459 e. The van der Waals surface area contributed by atoms with Crippen LogP contribution in [0.15, 0.2) is 28.7 Å². The lowest BCUT2D eigenvalue weighted by Gasteiger charge is -2.30. The van der Waals surface area contributed by atoms with E-state index in [2.05, 4.69) is 24.4 Å². The number of likely N-dealkylation sites (N-methyl/N-ethyl adjacent to an activating group) is 1. The number of benzene rings is 1. The first-order valence-corrected chi connectivity index (χ1v) is 7.58. The Hall–Kier alpha value is -0.990. The Morgan fingerprint density at radius 2 is 2.16 bits per heavy atom. The number of nitrogens with one attached hydrogen (secondary N) is 1. The van der Waals surface area contributed by atoms with Gasteiger partial charge in [0.15, 0.2) is 5.58 Å². The van der Waals surface area contributed by atoms with Crippen LogP contribution in [-0.4, -0.2) is 12.6 Å². The van der Waals surface area contributed by atoms with Crippen LogP contribution >= 0.6 is 11.6 Å². The molecule has 1 fully saturated rings. The van der Waals surface area contributed by atoms with Crippen molar-refractivity contribution in [1.29, 1.82) is 0 Å². The van der Waals surface area contributed by atoms with Crippen LogP contribution in [0.4, 0.5) is 0 Å². The van der Waals surface area contributed by atoms with Crippen molar-refractivity contribution >= 4 is 22.6 Å². The van der Waals surface area contributed by atoms with E-state index in [9.17, 15) is 0 Å². The maximum atomic E-state index is 6.20. The lowest BCUT2D eigenvalue weighted by atomic mass is 9.83. The molecule has 3 heteroatoms. The second-order valence-corrected chi connectivity index (χ2v) is 5.77. The Morgan fingerprint density at radius 3 is 2.95 bits per heavy atom. The van der Waals surface area contributed by atoms with Gasteiger partial charge in [-0.2, -0.15) is 0 Å². The highest BCUT2D eigenvalue weighted by atomic mass is 35.5. The molecule has 1 heterocycles. The van der Waals surface area contributed by atoms with Gasteiger partial charge in [0, 0.05) is 17.3 Å². The molecule has 3 rings (SSSR count). The van der Waals surface area contributed by atoms with E-state index in [4.69, 9.17) is 16.0 Å². The van der Waals surface area contributed by atoms with Crippen LogP contribution in [0.5, 0.6) is 0 Å². The molecule has 2 aromatic rings. The second kappa shape index (κ2) is 5.56. The van der Waals surface area contributed by atoms with Gasteiger partial charge in [0.1, 0.15) is 5.76 Å². The van der Waals surface area contributed by atoms with Crippen molar-refractivity contribution < 1.29 is 4.42 Å². The van der Waals surface area contributed by atoms with Crippen molar-refractivity contribution in [2.24, 2.45) is 0 Å². The van der Waals surface area contributed by atoms with E-state index in [1.807, 2.05) is 12.1 Å². The Kier molecular flexibility index (Phi) is 3.81. The number of para-hydroxylation sites is 1. The molecule has 1 aliphatic carbocycles. The van der Waals surface area contributed by atoms with Gasteiger partial charge in [-0.05, 0) is 31.5 Å². The average Bonchev–Trinajstić information content (AvgIpc) is 2.85. The maximum absolute atomic E-state index is 6.20. The highest BCUT2D eigenvalue weighted by Crippen LogP contribution is 2.37. The van der Waals surface area contributed by atoms with Gasteiger partial charge in [0.2, 0.25) is 0 Å². The van der Waals surface area contributed by atoms with E-state index >= 15 is 0 Å². The molecule has 1 aromatic heterocycles. The number of hydrogen-bond donors (Lipinski definition) is 1. The molecule has 0 aliphatic heterocycles. The number of fused-ring (bicyclic) bond motifs is 1. The summed E-state index contributed by atoms with van der Waals surface area (Å²) in [7, 11) is 0. The zero-order chi connectivity index (χ0) is 13.2. The lowest BCUT2D eigenvalue weighted by Crippen LogP contribution is -2.36. The lowest BCUT2D eigenvalue weighted by molar-refractivity contribution is 0.301. The van der Waals surface area contributed by atoms with Gasteiger partial charge in [0.25, 0.3) is 0 Å². The van der Waals surface area contributed by atoms with Crippen molar-refractivity contribution in [3.05, 3.63) is 35.0 Å². The van der Waals surface area contributed by atoms with Crippen LogP contribution in [0.1, 0.15) is 44.3 Å². The third-order valence-corrected chi connectivity index (χ3v) is 4.41. The minimum atomic E-state index is 0.483. The summed E-state index contributed by atoms with van der Waals surface area (Å²) in [6.07, 6.45) is 5.05. The van der Waals surface area contributed by atoms with Crippen LogP contribution in [0, 0.1) is 0 Å². The highest BCUT2D eigenvalue weighted by Gasteiger charge is 2.28. The van der Waals surface area contributed by atoms with Crippen LogP contribution in [0.25, 0.3) is 11.0 Å². The summed E-state index contributed by atoms with van der Waals surface area (Å²) < 4.78 is 6.04. The van der Waals surface area contributed by atoms with Gasteiger partial charge in [-0.15, -0.1) is 0 Å². The van der Waals surface area contributed by atoms with Crippen LogP contribution in [0.3, 0.4) is 0 Å². The van der Waals surface area contributed by atoms with E-state index in [1.165, 1.54) is 25.7 Å². The molecular weight excluding hydrogens is 258 g/mol.